The Kier molecular flexibility index (Phi) is 5.64. The second kappa shape index (κ2) is 8.61. The molecule has 2 aromatic rings. The van der Waals surface area contributed by atoms with Gasteiger partial charge in [-0.25, -0.2) is 9.78 Å². The number of aromatic nitrogens is 5. The van der Waals surface area contributed by atoms with E-state index in [4.69, 9.17) is 9.47 Å². The summed E-state index contributed by atoms with van der Waals surface area (Å²) >= 11 is 0. The highest BCUT2D eigenvalue weighted by Crippen LogP contribution is 2.35. The van der Waals surface area contributed by atoms with Crippen LogP contribution in [0.1, 0.15) is 31.4 Å². The SMILES string of the molecule is CC1=C(N2CCOC3(CCN(CC(O)c4ccc(-n5cnnn5)nc4)CC3)C2=O)COC1=O. The number of carbonyl (C=O) groups is 2. The van der Waals surface area contributed by atoms with Crippen molar-refractivity contribution in [2.24, 2.45) is 0 Å². The van der Waals surface area contributed by atoms with Gasteiger partial charge in [0, 0.05) is 37.9 Å². The Balaban J connectivity index is 1.20. The largest absolute Gasteiger partial charge is 0.456 e. The van der Waals surface area contributed by atoms with E-state index in [0.717, 1.165) is 0 Å². The van der Waals surface area contributed by atoms with Gasteiger partial charge in [0.25, 0.3) is 5.91 Å². The summed E-state index contributed by atoms with van der Waals surface area (Å²) in [5.74, 6) is 0.0831. The van der Waals surface area contributed by atoms with Crippen LogP contribution in [0.15, 0.2) is 35.9 Å². The minimum atomic E-state index is -0.895. The summed E-state index contributed by atoms with van der Waals surface area (Å²) < 4.78 is 12.5. The zero-order valence-corrected chi connectivity index (χ0v) is 18.3. The number of pyridine rings is 1. The van der Waals surface area contributed by atoms with E-state index in [1.54, 1.807) is 30.2 Å². The lowest BCUT2D eigenvalue weighted by Crippen LogP contribution is -2.60. The maximum Gasteiger partial charge on any atom is 0.336 e. The van der Waals surface area contributed by atoms with Crippen molar-refractivity contribution in [3.8, 4) is 5.82 Å². The van der Waals surface area contributed by atoms with Gasteiger partial charge in [0.15, 0.2) is 5.82 Å². The van der Waals surface area contributed by atoms with Crippen LogP contribution >= 0.6 is 0 Å². The Labute approximate surface area is 189 Å². The topological polar surface area (TPSA) is 136 Å². The first-order chi connectivity index (χ1) is 16.0. The molecule has 0 radical (unpaired) electrons. The number of ether oxygens (including phenoxy) is 2. The zero-order valence-electron chi connectivity index (χ0n) is 18.3. The number of tetrazole rings is 1. The molecule has 2 saturated heterocycles. The Morgan fingerprint density at radius 3 is 2.67 bits per heavy atom. The molecule has 12 heteroatoms. The van der Waals surface area contributed by atoms with Crippen molar-refractivity contribution in [3.63, 3.8) is 0 Å². The molecule has 2 aromatic heterocycles. The first-order valence-electron chi connectivity index (χ1n) is 10.9. The van der Waals surface area contributed by atoms with Crippen LogP contribution in [-0.2, 0) is 19.1 Å². The van der Waals surface area contributed by atoms with Gasteiger partial charge in [-0.2, -0.15) is 4.68 Å². The van der Waals surface area contributed by atoms with Gasteiger partial charge >= 0.3 is 5.97 Å². The van der Waals surface area contributed by atoms with Crippen LogP contribution in [0.3, 0.4) is 0 Å². The third-order valence-corrected chi connectivity index (χ3v) is 6.57. The van der Waals surface area contributed by atoms with E-state index in [-0.39, 0.29) is 18.5 Å². The lowest BCUT2D eigenvalue weighted by atomic mass is 9.87. The molecule has 1 amide bonds. The lowest BCUT2D eigenvalue weighted by Gasteiger charge is -2.46. The standard InChI is InChI=1S/C21H25N7O5/c1-14-16(12-32-19(14)30)27-8-9-33-21(20(27)31)4-6-26(7-5-21)11-17(29)15-2-3-18(22-10-15)28-13-23-24-25-28/h2-3,10,13,17,29H,4-9,11-12H2,1H3. The predicted molar refractivity (Wildman–Crippen MR) is 112 cm³/mol. The number of hydrogen-bond donors (Lipinski definition) is 1. The van der Waals surface area contributed by atoms with Gasteiger partial charge in [0.05, 0.1) is 24.0 Å². The van der Waals surface area contributed by atoms with Crippen molar-refractivity contribution in [1.82, 2.24) is 35.0 Å². The average molecular weight is 455 g/mol. The number of rotatable bonds is 5. The number of likely N-dealkylation sites (tertiary alicyclic amines) is 1. The number of piperidine rings is 1. The molecule has 1 atom stereocenters. The van der Waals surface area contributed by atoms with Crippen LogP contribution < -0.4 is 0 Å². The Morgan fingerprint density at radius 1 is 1.21 bits per heavy atom. The monoisotopic (exact) mass is 455 g/mol. The first kappa shape index (κ1) is 21.6. The number of aliphatic hydroxyl groups excluding tert-OH is 1. The van der Waals surface area contributed by atoms with Crippen LogP contribution in [0.2, 0.25) is 0 Å². The van der Waals surface area contributed by atoms with E-state index in [9.17, 15) is 14.7 Å². The molecule has 5 heterocycles. The normalized spacial score (nSPS) is 22.2. The highest BCUT2D eigenvalue weighted by Gasteiger charge is 2.49. The third kappa shape index (κ3) is 4.01. The molecule has 0 saturated carbocycles. The molecule has 1 unspecified atom stereocenters. The van der Waals surface area contributed by atoms with Gasteiger partial charge in [-0.1, -0.05) is 6.07 Å². The first-order valence-corrected chi connectivity index (χ1v) is 10.9. The number of nitrogens with zero attached hydrogens (tertiary/aromatic N) is 7. The summed E-state index contributed by atoms with van der Waals surface area (Å²) in [6.07, 6.45) is 3.38. The Morgan fingerprint density at radius 2 is 2.03 bits per heavy atom. The number of amides is 1. The van der Waals surface area contributed by atoms with E-state index in [1.807, 2.05) is 0 Å². The maximum atomic E-state index is 13.3. The van der Waals surface area contributed by atoms with E-state index < -0.39 is 11.7 Å². The molecular weight excluding hydrogens is 430 g/mol. The van der Waals surface area contributed by atoms with Crippen molar-refractivity contribution < 1.29 is 24.2 Å². The number of cyclic esters (lactones) is 1. The van der Waals surface area contributed by atoms with Gasteiger partial charge in [0.1, 0.15) is 18.5 Å². The second-order valence-corrected chi connectivity index (χ2v) is 8.47. The molecule has 0 aromatic carbocycles. The summed E-state index contributed by atoms with van der Waals surface area (Å²) in [7, 11) is 0. The molecular formula is C21H25N7O5. The van der Waals surface area contributed by atoms with Crippen molar-refractivity contribution in [2.75, 3.05) is 39.4 Å². The number of morpholine rings is 1. The van der Waals surface area contributed by atoms with E-state index in [0.29, 0.717) is 68.3 Å². The zero-order chi connectivity index (χ0) is 23.0. The molecule has 2 fully saturated rings. The molecule has 5 rings (SSSR count). The van der Waals surface area contributed by atoms with Crippen molar-refractivity contribution >= 4 is 11.9 Å². The fraction of sp³-hybridized carbons (Fsp3) is 0.524. The fourth-order valence-corrected chi connectivity index (χ4v) is 4.55. The smallest absolute Gasteiger partial charge is 0.336 e. The molecule has 33 heavy (non-hydrogen) atoms. The minimum Gasteiger partial charge on any atom is -0.456 e. The van der Waals surface area contributed by atoms with Crippen LogP contribution in [0, 0.1) is 0 Å². The average Bonchev–Trinajstić information content (AvgIpc) is 3.48. The summed E-state index contributed by atoms with van der Waals surface area (Å²) in [6, 6.07) is 3.55. The van der Waals surface area contributed by atoms with E-state index >= 15 is 0 Å². The molecule has 12 nitrogen and oxygen atoms in total. The number of β-amino-alcohol motifs (C(OH)–C–C–N with tert-alkyl or cyclic N) is 1. The molecule has 0 bridgehead atoms. The highest BCUT2D eigenvalue weighted by molar-refractivity contribution is 5.94. The van der Waals surface area contributed by atoms with Crippen molar-refractivity contribution in [2.45, 2.75) is 31.5 Å². The number of hydrogen-bond acceptors (Lipinski definition) is 10. The minimum absolute atomic E-state index is 0.107. The van der Waals surface area contributed by atoms with Gasteiger partial charge in [-0.05, 0) is 36.3 Å². The molecule has 174 valence electrons. The van der Waals surface area contributed by atoms with Crippen LogP contribution in [0.5, 0.6) is 0 Å². The molecule has 0 aliphatic carbocycles. The lowest BCUT2D eigenvalue weighted by molar-refractivity contribution is -0.177. The quantitative estimate of drug-likeness (QED) is 0.594. The van der Waals surface area contributed by atoms with Crippen molar-refractivity contribution in [3.05, 3.63) is 41.5 Å². The van der Waals surface area contributed by atoms with Crippen LogP contribution in [-0.4, -0.2) is 97.0 Å². The highest BCUT2D eigenvalue weighted by atomic mass is 16.5. The Hall–Kier alpha value is -3.22. The molecule has 3 aliphatic rings. The predicted octanol–water partition coefficient (Wildman–Crippen LogP) is -0.385. The third-order valence-electron chi connectivity index (χ3n) is 6.57. The fourth-order valence-electron chi connectivity index (χ4n) is 4.55. The number of carbonyl (C=O) groups excluding carboxylic acids is 2. The number of esters is 1. The summed E-state index contributed by atoms with van der Waals surface area (Å²) in [4.78, 5) is 33.2. The summed E-state index contributed by atoms with van der Waals surface area (Å²) in [5, 5.41) is 21.7. The number of aliphatic hydroxyl groups is 1. The summed E-state index contributed by atoms with van der Waals surface area (Å²) in [6.45, 7) is 4.30. The van der Waals surface area contributed by atoms with Gasteiger partial charge in [-0.3, -0.25) is 4.79 Å². The van der Waals surface area contributed by atoms with Crippen LogP contribution in [0.4, 0.5) is 0 Å². The van der Waals surface area contributed by atoms with E-state index in [1.165, 1.54) is 11.0 Å². The molecule has 1 N–H and O–H groups in total. The van der Waals surface area contributed by atoms with Gasteiger partial charge < -0.3 is 24.4 Å². The van der Waals surface area contributed by atoms with Crippen molar-refractivity contribution in [1.29, 1.82) is 0 Å². The van der Waals surface area contributed by atoms with E-state index in [2.05, 4.69) is 25.4 Å². The maximum absolute atomic E-state index is 13.3. The summed E-state index contributed by atoms with van der Waals surface area (Å²) in [5.41, 5.74) is 0.925. The Bertz CT molecular complexity index is 1060. The van der Waals surface area contributed by atoms with Gasteiger partial charge in [-0.15, -0.1) is 5.10 Å². The van der Waals surface area contributed by atoms with Crippen LogP contribution in [0.25, 0.3) is 5.82 Å². The molecule has 3 aliphatic heterocycles. The molecule has 1 spiro atoms. The van der Waals surface area contributed by atoms with Gasteiger partial charge in [0.2, 0.25) is 0 Å². The second-order valence-electron chi connectivity index (χ2n) is 8.47.